The molecule has 0 spiro atoms. The Hall–Kier alpha value is -2.04. The van der Waals surface area contributed by atoms with Crippen LogP contribution >= 0.6 is 11.3 Å². The topological polar surface area (TPSA) is 83.6 Å². The monoisotopic (exact) mass is 436 g/mol. The van der Waals surface area contributed by atoms with Crippen LogP contribution in [0.25, 0.3) is 0 Å². The second-order valence-electron chi connectivity index (χ2n) is 6.24. The van der Waals surface area contributed by atoms with E-state index in [9.17, 15) is 16.8 Å². The lowest BCUT2D eigenvalue weighted by Crippen LogP contribution is -2.29. The van der Waals surface area contributed by atoms with Crippen molar-refractivity contribution in [2.75, 3.05) is 14.1 Å². The van der Waals surface area contributed by atoms with Gasteiger partial charge in [-0.1, -0.05) is 42.5 Å². The molecule has 0 aliphatic carbocycles. The van der Waals surface area contributed by atoms with Gasteiger partial charge in [0.1, 0.15) is 0 Å². The average molecular weight is 437 g/mol. The van der Waals surface area contributed by atoms with E-state index in [1.807, 2.05) is 47.8 Å². The minimum absolute atomic E-state index is 0.0761. The molecule has 0 aliphatic heterocycles. The highest BCUT2D eigenvalue weighted by Gasteiger charge is 2.25. The number of benzene rings is 2. The van der Waals surface area contributed by atoms with E-state index in [0.717, 1.165) is 14.7 Å². The van der Waals surface area contributed by atoms with Gasteiger partial charge in [0, 0.05) is 19.0 Å². The van der Waals surface area contributed by atoms with Gasteiger partial charge in [-0.25, -0.2) is 21.1 Å². The number of nitrogens with one attached hydrogen (secondary N) is 1. The van der Waals surface area contributed by atoms with Crippen LogP contribution in [0.15, 0.2) is 81.9 Å². The molecule has 3 aromatic rings. The van der Waals surface area contributed by atoms with Crippen molar-refractivity contribution in [2.45, 2.75) is 15.8 Å². The Balaban J connectivity index is 2.01. The third kappa shape index (κ3) is 4.34. The second kappa shape index (κ2) is 8.14. The van der Waals surface area contributed by atoms with Crippen LogP contribution in [0.5, 0.6) is 0 Å². The first-order valence-corrected chi connectivity index (χ1v) is 12.2. The fourth-order valence-electron chi connectivity index (χ4n) is 2.63. The predicted octanol–water partition coefficient (Wildman–Crippen LogP) is 3.07. The van der Waals surface area contributed by atoms with Gasteiger partial charge in [-0.05, 0) is 35.2 Å². The first kappa shape index (κ1) is 20.7. The number of hydrogen-bond acceptors (Lipinski definition) is 5. The van der Waals surface area contributed by atoms with E-state index in [2.05, 4.69) is 4.72 Å². The first-order valence-electron chi connectivity index (χ1n) is 8.35. The molecule has 1 N–H and O–H groups in total. The van der Waals surface area contributed by atoms with Gasteiger partial charge in [-0.15, -0.1) is 11.3 Å². The molecule has 9 heteroatoms. The molecule has 0 bridgehead atoms. The third-order valence-electron chi connectivity index (χ3n) is 4.13. The number of rotatable bonds is 7. The fourth-order valence-corrected chi connectivity index (χ4v) is 5.78. The van der Waals surface area contributed by atoms with Crippen molar-refractivity contribution in [3.05, 3.63) is 82.6 Å². The smallest absolute Gasteiger partial charge is 0.207 e. The summed E-state index contributed by atoms with van der Waals surface area (Å²) in [4.78, 5) is 0.660. The molecule has 0 amide bonds. The van der Waals surface area contributed by atoms with E-state index < -0.39 is 26.1 Å². The van der Waals surface area contributed by atoms with E-state index in [4.69, 9.17) is 0 Å². The summed E-state index contributed by atoms with van der Waals surface area (Å²) in [7, 11) is -4.91. The highest BCUT2D eigenvalue weighted by molar-refractivity contribution is 7.90. The van der Waals surface area contributed by atoms with Crippen LogP contribution in [0.1, 0.15) is 16.5 Å². The quantitative estimate of drug-likeness (QED) is 0.617. The lowest BCUT2D eigenvalue weighted by atomic mass is 10.1. The van der Waals surface area contributed by atoms with Gasteiger partial charge in [-0.3, -0.25) is 0 Å². The van der Waals surface area contributed by atoms with Crippen molar-refractivity contribution in [1.29, 1.82) is 0 Å². The van der Waals surface area contributed by atoms with Gasteiger partial charge in [0.15, 0.2) is 0 Å². The molecule has 0 aliphatic rings. The maximum absolute atomic E-state index is 13.0. The Morgan fingerprint density at radius 2 is 1.54 bits per heavy atom. The molecule has 0 fully saturated rings. The number of hydrogen-bond donors (Lipinski definition) is 1. The molecule has 6 nitrogen and oxygen atoms in total. The zero-order chi connectivity index (χ0) is 20.4. The summed E-state index contributed by atoms with van der Waals surface area (Å²) in [5, 5.41) is 1.88. The molecular formula is C19H20N2O4S3. The highest BCUT2D eigenvalue weighted by atomic mass is 32.2. The maximum atomic E-state index is 13.0. The van der Waals surface area contributed by atoms with Crippen molar-refractivity contribution >= 4 is 31.4 Å². The zero-order valence-electron chi connectivity index (χ0n) is 15.3. The van der Waals surface area contributed by atoms with E-state index in [1.165, 1.54) is 49.7 Å². The molecule has 1 atom stereocenters. The van der Waals surface area contributed by atoms with Gasteiger partial charge in [-0.2, -0.15) is 4.72 Å². The number of sulfonamides is 2. The van der Waals surface area contributed by atoms with E-state index in [-0.39, 0.29) is 9.79 Å². The Bertz CT molecular complexity index is 1140. The molecule has 1 heterocycles. The summed E-state index contributed by atoms with van der Waals surface area (Å²) in [5.74, 6) is 0. The Labute approximate surface area is 169 Å². The molecule has 0 radical (unpaired) electrons. The van der Waals surface area contributed by atoms with Gasteiger partial charge in [0.25, 0.3) is 0 Å². The number of nitrogens with zero attached hydrogens (tertiary/aromatic N) is 1. The molecule has 0 saturated carbocycles. The van der Waals surface area contributed by atoms with Crippen molar-refractivity contribution < 1.29 is 16.8 Å². The molecule has 1 unspecified atom stereocenters. The minimum atomic E-state index is -3.97. The van der Waals surface area contributed by atoms with Crippen LogP contribution in [-0.2, 0) is 20.0 Å². The Morgan fingerprint density at radius 3 is 2.14 bits per heavy atom. The van der Waals surface area contributed by atoms with Crippen LogP contribution in [-0.4, -0.2) is 35.2 Å². The van der Waals surface area contributed by atoms with Crippen molar-refractivity contribution in [3.8, 4) is 0 Å². The van der Waals surface area contributed by atoms with Crippen molar-refractivity contribution in [3.63, 3.8) is 0 Å². The van der Waals surface area contributed by atoms with Crippen molar-refractivity contribution in [1.82, 2.24) is 9.03 Å². The van der Waals surface area contributed by atoms with Crippen molar-refractivity contribution in [2.24, 2.45) is 0 Å². The Morgan fingerprint density at radius 1 is 0.857 bits per heavy atom. The van der Waals surface area contributed by atoms with Crippen LogP contribution < -0.4 is 4.72 Å². The lowest BCUT2D eigenvalue weighted by molar-refractivity contribution is 0.520. The van der Waals surface area contributed by atoms with Gasteiger partial charge < -0.3 is 0 Å². The fraction of sp³-hybridized carbons (Fsp3) is 0.158. The summed E-state index contributed by atoms with van der Waals surface area (Å²) in [6.07, 6.45) is 0. The summed E-state index contributed by atoms with van der Waals surface area (Å²) in [6.45, 7) is 0. The van der Waals surface area contributed by atoms with E-state index in [1.54, 1.807) is 0 Å². The molecule has 0 saturated heterocycles. The van der Waals surface area contributed by atoms with Crippen LogP contribution in [0.3, 0.4) is 0 Å². The molecular weight excluding hydrogens is 416 g/mol. The normalized spacial score (nSPS) is 13.5. The van der Waals surface area contributed by atoms with E-state index in [0.29, 0.717) is 0 Å². The predicted molar refractivity (Wildman–Crippen MR) is 110 cm³/mol. The van der Waals surface area contributed by atoms with Crippen LogP contribution in [0, 0.1) is 0 Å². The van der Waals surface area contributed by atoms with Gasteiger partial charge in [0.2, 0.25) is 20.0 Å². The standard InChI is InChI=1S/C19H20N2O4S3/c1-21(2)28(24,25)17-11-6-10-16(14-17)27(22,23)20-19(18-12-7-13-26-18)15-8-4-3-5-9-15/h3-14,19-20H,1-2H3. The summed E-state index contributed by atoms with van der Waals surface area (Å²) in [5.41, 5.74) is 0.797. The average Bonchev–Trinajstić information content (AvgIpc) is 3.21. The maximum Gasteiger partial charge on any atom is 0.242 e. The molecule has 28 heavy (non-hydrogen) atoms. The van der Waals surface area contributed by atoms with E-state index >= 15 is 0 Å². The van der Waals surface area contributed by atoms with Gasteiger partial charge >= 0.3 is 0 Å². The minimum Gasteiger partial charge on any atom is -0.207 e. The first-order chi connectivity index (χ1) is 13.2. The highest BCUT2D eigenvalue weighted by Crippen LogP contribution is 2.28. The molecule has 2 aromatic carbocycles. The SMILES string of the molecule is CN(C)S(=O)(=O)c1cccc(S(=O)(=O)NC(c2ccccc2)c2cccs2)c1. The zero-order valence-corrected chi connectivity index (χ0v) is 17.8. The molecule has 148 valence electrons. The summed E-state index contributed by atoms with van der Waals surface area (Å²) >= 11 is 1.44. The summed E-state index contributed by atoms with van der Waals surface area (Å²) in [6, 6.07) is 17.7. The second-order valence-corrected chi connectivity index (χ2v) is 11.1. The summed E-state index contributed by atoms with van der Waals surface area (Å²) < 4.78 is 54.6. The lowest BCUT2D eigenvalue weighted by Gasteiger charge is -2.19. The third-order valence-corrected chi connectivity index (χ3v) is 8.30. The van der Waals surface area contributed by atoms with Crippen LogP contribution in [0.2, 0.25) is 0 Å². The van der Waals surface area contributed by atoms with Gasteiger partial charge in [0.05, 0.1) is 15.8 Å². The molecule has 3 rings (SSSR count). The number of thiophene rings is 1. The van der Waals surface area contributed by atoms with Crippen LogP contribution in [0.4, 0.5) is 0 Å². The largest absolute Gasteiger partial charge is 0.242 e. The molecule has 1 aromatic heterocycles. The Kier molecular flexibility index (Phi) is 6.01.